The molecule has 0 aliphatic rings. The lowest BCUT2D eigenvalue weighted by molar-refractivity contribution is -0.118. The van der Waals surface area contributed by atoms with Crippen LogP contribution in [0.25, 0.3) is 0 Å². The summed E-state index contributed by atoms with van der Waals surface area (Å²) in [4.78, 5) is 22.6. The molecule has 0 saturated heterocycles. The molecule has 6 nitrogen and oxygen atoms in total. The van der Waals surface area contributed by atoms with E-state index in [9.17, 15) is 14.0 Å². The van der Waals surface area contributed by atoms with Gasteiger partial charge in [-0.2, -0.15) is 0 Å². The Morgan fingerprint density at radius 1 is 1.47 bits per heavy atom. The quantitative estimate of drug-likeness (QED) is 0.686. The second-order valence-corrected chi connectivity index (χ2v) is 3.90. The molecule has 0 spiro atoms. The molecule has 0 aromatic heterocycles. The van der Waals surface area contributed by atoms with Gasteiger partial charge in [0.2, 0.25) is 11.8 Å². The first kappa shape index (κ1) is 15.1. The number of carbonyl (C=O) groups excluding carboxylic acids is 2. The minimum absolute atomic E-state index is 0.00671. The van der Waals surface area contributed by atoms with Crippen molar-refractivity contribution in [1.82, 2.24) is 0 Å². The van der Waals surface area contributed by atoms with Gasteiger partial charge >= 0.3 is 0 Å². The Kier molecular flexibility index (Phi) is 5.40. The van der Waals surface area contributed by atoms with E-state index < -0.39 is 23.7 Å². The fourth-order valence-electron chi connectivity index (χ4n) is 1.45. The second kappa shape index (κ2) is 6.81. The lowest BCUT2D eigenvalue weighted by atomic mass is 10.1. The van der Waals surface area contributed by atoms with E-state index in [1.165, 1.54) is 19.2 Å². The van der Waals surface area contributed by atoms with Gasteiger partial charge in [-0.25, -0.2) is 4.39 Å². The van der Waals surface area contributed by atoms with Gasteiger partial charge in [0.25, 0.3) is 0 Å². The normalized spacial score (nSPS) is 11.9. The third-order valence-corrected chi connectivity index (χ3v) is 2.53. The predicted molar refractivity (Wildman–Crippen MR) is 68.0 cm³/mol. The minimum Gasteiger partial charge on any atom is -0.380 e. The van der Waals surface area contributed by atoms with Gasteiger partial charge in [0.1, 0.15) is 5.82 Å². The highest BCUT2D eigenvalue weighted by molar-refractivity contribution is 5.96. The Hall–Kier alpha value is -1.99. The topological polar surface area (TPSA) is 107 Å². The number of rotatable bonds is 6. The van der Waals surface area contributed by atoms with Crippen LogP contribution in [0.1, 0.15) is 16.8 Å². The molecule has 1 aromatic rings. The van der Waals surface area contributed by atoms with Crippen LogP contribution in [0.15, 0.2) is 18.2 Å². The zero-order valence-electron chi connectivity index (χ0n) is 10.5. The molecule has 104 valence electrons. The molecule has 0 saturated carbocycles. The van der Waals surface area contributed by atoms with Crippen LogP contribution < -0.4 is 16.8 Å². The number of hydrogen-bond donors (Lipinski definition) is 3. The van der Waals surface area contributed by atoms with Gasteiger partial charge in [-0.1, -0.05) is 0 Å². The SMILES string of the molecule is COC(CN)CC(=O)Nc1cc(C(N)=O)ccc1F. The van der Waals surface area contributed by atoms with Crippen LogP contribution in [0.3, 0.4) is 0 Å². The van der Waals surface area contributed by atoms with E-state index in [1.54, 1.807) is 0 Å². The summed E-state index contributed by atoms with van der Waals surface area (Å²) in [5.41, 5.74) is 10.5. The summed E-state index contributed by atoms with van der Waals surface area (Å²) >= 11 is 0. The Morgan fingerprint density at radius 2 is 2.16 bits per heavy atom. The Morgan fingerprint density at radius 3 is 2.68 bits per heavy atom. The van der Waals surface area contributed by atoms with Gasteiger partial charge < -0.3 is 21.5 Å². The molecule has 5 N–H and O–H groups in total. The Bertz CT molecular complexity index is 475. The van der Waals surface area contributed by atoms with Crippen LogP contribution in [0, 0.1) is 5.82 Å². The number of carbonyl (C=O) groups is 2. The summed E-state index contributed by atoms with van der Waals surface area (Å²) in [5.74, 6) is -1.81. The average molecular weight is 269 g/mol. The summed E-state index contributed by atoms with van der Waals surface area (Å²) in [6, 6.07) is 3.48. The smallest absolute Gasteiger partial charge is 0.248 e. The first-order chi connectivity index (χ1) is 8.97. The van der Waals surface area contributed by atoms with Crippen molar-refractivity contribution in [3.8, 4) is 0 Å². The summed E-state index contributed by atoms with van der Waals surface area (Å²) in [6.07, 6.45) is -0.449. The van der Waals surface area contributed by atoms with Crippen molar-refractivity contribution < 1.29 is 18.7 Å². The number of primary amides is 1. The molecule has 1 aromatic carbocycles. The first-order valence-electron chi connectivity index (χ1n) is 5.60. The monoisotopic (exact) mass is 269 g/mol. The van der Waals surface area contributed by atoms with Crippen molar-refractivity contribution in [2.45, 2.75) is 12.5 Å². The van der Waals surface area contributed by atoms with Crippen molar-refractivity contribution >= 4 is 17.5 Å². The van der Waals surface area contributed by atoms with Gasteiger partial charge in [-0.15, -0.1) is 0 Å². The highest BCUT2D eigenvalue weighted by Gasteiger charge is 2.14. The van der Waals surface area contributed by atoms with E-state index in [0.717, 1.165) is 6.07 Å². The van der Waals surface area contributed by atoms with Crippen molar-refractivity contribution in [2.24, 2.45) is 11.5 Å². The number of halogens is 1. The van der Waals surface area contributed by atoms with Crippen molar-refractivity contribution in [3.05, 3.63) is 29.6 Å². The second-order valence-electron chi connectivity index (χ2n) is 3.90. The molecule has 0 bridgehead atoms. The van der Waals surface area contributed by atoms with E-state index in [0.29, 0.717) is 0 Å². The minimum atomic E-state index is -0.702. The number of anilines is 1. The maximum atomic E-state index is 13.5. The van der Waals surface area contributed by atoms with Gasteiger partial charge in [-0.05, 0) is 18.2 Å². The Balaban J connectivity index is 2.78. The zero-order chi connectivity index (χ0) is 14.4. The lowest BCUT2D eigenvalue weighted by Crippen LogP contribution is -2.28. The fraction of sp³-hybridized carbons (Fsp3) is 0.333. The van der Waals surface area contributed by atoms with Gasteiger partial charge in [0.15, 0.2) is 0 Å². The third kappa shape index (κ3) is 4.31. The summed E-state index contributed by atoms with van der Waals surface area (Å²) in [6.45, 7) is 0.174. The van der Waals surface area contributed by atoms with E-state index in [-0.39, 0.29) is 24.2 Å². The molecule has 1 atom stereocenters. The van der Waals surface area contributed by atoms with Crippen molar-refractivity contribution in [3.63, 3.8) is 0 Å². The predicted octanol–water partition coefficient (Wildman–Crippen LogP) is 0.227. The molecule has 0 aliphatic heterocycles. The maximum Gasteiger partial charge on any atom is 0.248 e. The van der Waals surface area contributed by atoms with Crippen LogP contribution in [0.5, 0.6) is 0 Å². The molecule has 0 radical (unpaired) electrons. The largest absolute Gasteiger partial charge is 0.380 e. The van der Waals surface area contributed by atoms with Crippen molar-refractivity contribution in [1.29, 1.82) is 0 Å². The zero-order valence-corrected chi connectivity index (χ0v) is 10.5. The number of hydrogen-bond acceptors (Lipinski definition) is 4. The third-order valence-electron chi connectivity index (χ3n) is 2.53. The molecular formula is C12H16FN3O3. The van der Waals surface area contributed by atoms with E-state index in [1.807, 2.05) is 0 Å². The first-order valence-corrected chi connectivity index (χ1v) is 5.60. The molecule has 19 heavy (non-hydrogen) atoms. The standard InChI is InChI=1S/C12H16FN3O3/c1-19-8(6-14)5-11(17)16-10-4-7(12(15)18)2-3-9(10)13/h2-4,8H,5-6,14H2,1H3,(H2,15,18)(H,16,17). The molecule has 1 rings (SSSR count). The number of amides is 2. The summed E-state index contributed by atoms with van der Waals surface area (Å²) in [7, 11) is 1.43. The highest BCUT2D eigenvalue weighted by atomic mass is 19.1. The van der Waals surface area contributed by atoms with Crippen LogP contribution in [-0.2, 0) is 9.53 Å². The molecular weight excluding hydrogens is 253 g/mol. The number of benzene rings is 1. The molecule has 0 fully saturated rings. The van der Waals surface area contributed by atoms with Gasteiger partial charge in [-0.3, -0.25) is 9.59 Å². The fourth-order valence-corrected chi connectivity index (χ4v) is 1.45. The van der Waals surface area contributed by atoms with Crippen LogP contribution in [0.2, 0.25) is 0 Å². The Labute approximate surface area is 109 Å². The number of ether oxygens (including phenoxy) is 1. The highest BCUT2D eigenvalue weighted by Crippen LogP contribution is 2.16. The lowest BCUT2D eigenvalue weighted by Gasteiger charge is -2.13. The number of methoxy groups -OCH3 is 1. The van der Waals surface area contributed by atoms with E-state index in [2.05, 4.69) is 5.32 Å². The molecule has 1 unspecified atom stereocenters. The maximum absolute atomic E-state index is 13.5. The summed E-state index contributed by atoms with van der Waals surface area (Å²) < 4.78 is 18.4. The number of nitrogens with one attached hydrogen (secondary N) is 1. The van der Waals surface area contributed by atoms with Crippen LogP contribution >= 0.6 is 0 Å². The van der Waals surface area contributed by atoms with Gasteiger partial charge in [0.05, 0.1) is 18.2 Å². The average Bonchev–Trinajstić information content (AvgIpc) is 2.38. The van der Waals surface area contributed by atoms with E-state index in [4.69, 9.17) is 16.2 Å². The van der Waals surface area contributed by atoms with Crippen molar-refractivity contribution in [2.75, 3.05) is 19.0 Å². The molecule has 7 heteroatoms. The van der Waals surface area contributed by atoms with Gasteiger partial charge in [0, 0.05) is 19.2 Å². The molecule has 2 amide bonds. The molecule has 0 aliphatic carbocycles. The summed E-state index contributed by atoms with van der Waals surface area (Å²) in [5, 5.41) is 2.35. The number of nitrogens with two attached hydrogens (primary N) is 2. The molecule has 0 heterocycles. The van der Waals surface area contributed by atoms with Crippen LogP contribution in [-0.4, -0.2) is 31.6 Å². The van der Waals surface area contributed by atoms with E-state index >= 15 is 0 Å². The van der Waals surface area contributed by atoms with Crippen LogP contribution in [0.4, 0.5) is 10.1 Å².